The van der Waals surface area contributed by atoms with E-state index in [0.29, 0.717) is 35.5 Å². The summed E-state index contributed by atoms with van der Waals surface area (Å²) in [7, 11) is 0. The van der Waals surface area contributed by atoms with Crippen molar-refractivity contribution in [1.82, 2.24) is 29.9 Å². The van der Waals surface area contributed by atoms with Gasteiger partial charge in [-0.1, -0.05) is 0 Å². The van der Waals surface area contributed by atoms with Crippen molar-refractivity contribution in [2.24, 2.45) is 0 Å². The molecule has 6 heteroatoms. The lowest BCUT2D eigenvalue weighted by Crippen LogP contribution is -2.20. The minimum Gasteiger partial charge on any atom is -0.265 e. The molecule has 0 atom stereocenters. The molecule has 0 amide bonds. The van der Waals surface area contributed by atoms with Gasteiger partial charge in [-0.05, 0) is 180 Å². The van der Waals surface area contributed by atoms with E-state index < -0.39 is 0 Å². The third kappa shape index (κ3) is 7.88. The fourth-order valence-electron chi connectivity index (χ4n) is 8.08. The highest BCUT2D eigenvalue weighted by molar-refractivity contribution is 5.29. The van der Waals surface area contributed by atoms with Crippen LogP contribution >= 0.6 is 0 Å². The fourth-order valence-corrected chi connectivity index (χ4v) is 8.08. The summed E-state index contributed by atoms with van der Waals surface area (Å²) in [5, 5.41) is 0. The van der Waals surface area contributed by atoms with Crippen LogP contribution in [-0.4, -0.2) is 29.9 Å². The van der Waals surface area contributed by atoms with Crippen molar-refractivity contribution >= 4 is 0 Å². The van der Waals surface area contributed by atoms with Crippen molar-refractivity contribution in [3.8, 4) is 0 Å². The van der Waals surface area contributed by atoms with Crippen molar-refractivity contribution in [2.45, 2.75) is 74.0 Å². The number of hydrogen-bond acceptors (Lipinski definition) is 6. The van der Waals surface area contributed by atoms with Crippen LogP contribution in [0.5, 0.6) is 0 Å². The number of hydrogen-bond donors (Lipinski definition) is 0. The predicted molar refractivity (Wildman–Crippen MR) is 190 cm³/mol. The van der Waals surface area contributed by atoms with E-state index in [2.05, 4.69) is 103 Å². The quantitative estimate of drug-likeness (QED) is 0.182. The third-order valence-corrected chi connectivity index (χ3v) is 10.5. The molecule has 6 aromatic heterocycles. The molecule has 0 bridgehead atoms. The van der Waals surface area contributed by atoms with Gasteiger partial charge in [-0.2, -0.15) is 0 Å². The molecule has 1 aliphatic rings. The highest BCUT2D eigenvalue weighted by Crippen LogP contribution is 2.48. The third-order valence-electron chi connectivity index (χ3n) is 10.5. The molecule has 1 saturated carbocycles. The van der Waals surface area contributed by atoms with Crippen LogP contribution in [0.4, 0.5) is 0 Å². The summed E-state index contributed by atoms with van der Waals surface area (Å²) >= 11 is 0. The molecule has 1 aliphatic carbocycles. The minimum absolute atomic E-state index is 0.343. The number of rotatable bonds is 6. The summed E-state index contributed by atoms with van der Waals surface area (Å²) in [6, 6.07) is 26.7. The van der Waals surface area contributed by atoms with Crippen molar-refractivity contribution in [2.75, 3.05) is 0 Å². The number of pyridine rings is 6. The zero-order valence-electron chi connectivity index (χ0n) is 27.2. The summed E-state index contributed by atoms with van der Waals surface area (Å²) in [4.78, 5) is 26.4. The van der Waals surface area contributed by atoms with Gasteiger partial charge in [0, 0.05) is 74.4 Å². The number of nitrogens with zero attached hydrogens (tertiary/aromatic N) is 6. The van der Waals surface area contributed by atoms with Gasteiger partial charge in [0.25, 0.3) is 0 Å². The molecule has 0 aliphatic heterocycles. The lowest BCUT2D eigenvalue weighted by molar-refractivity contribution is 0.351. The number of aromatic nitrogens is 6. The molecule has 0 spiro atoms. The molecule has 6 aromatic rings. The first-order valence-electron chi connectivity index (χ1n) is 17.2. The van der Waals surface area contributed by atoms with Gasteiger partial charge >= 0.3 is 0 Å². The maximum atomic E-state index is 4.41. The molecule has 0 N–H and O–H groups in total. The first-order valence-corrected chi connectivity index (χ1v) is 17.2. The maximum Gasteiger partial charge on any atom is 0.0270 e. The van der Waals surface area contributed by atoms with Gasteiger partial charge < -0.3 is 0 Å². The van der Waals surface area contributed by atoms with E-state index in [1.165, 1.54) is 33.4 Å². The van der Waals surface area contributed by atoms with Crippen LogP contribution in [-0.2, 0) is 0 Å². The van der Waals surface area contributed by atoms with Gasteiger partial charge in [0.2, 0.25) is 0 Å². The van der Waals surface area contributed by atoms with E-state index in [4.69, 9.17) is 0 Å². The zero-order chi connectivity index (χ0) is 32.4. The van der Waals surface area contributed by atoms with Crippen LogP contribution in [0.1, 0.15) is 107 Å². The van der Waals surface area contributed by atoms with E-state index in [1.807, 2.05) is 74.4 Å². The largest absolute Gasteiger partial charge is 0.265 e. The molecular formula is C42H42N6. The fraction of sp³-hybridized carbons (Fsp3) is 0.286. The van der Waals surface area contributed by atoms with Crippen LogP contribution in [0.3, 0.4) is 0 Å². The summed E-state index contributed by atoms with van der Waals surface area (Å²) in [5.41, 5.74) is 8.14. The Morgan fingerprint density at radius 2 is 0.354 bits per heavy atom. The highest BCUT2D eigenvalue weighted by atomic mass is 14.6. The van der Waals surface area contributed by atoms with Gasteiger partial charge in [0.15, 0.2) is 0 Å². The second kappa shape index (κ2) is 15.7. The summed E-state index contributed by atoms with van der Waals surface area (Å²) < 4.78 is 0. The Kier molecular flexibility index (Phi) is 10.3. The standard InChI is InChI=1S/C42H42N6/c1-13-43-14-2-31(1)37-25-38(32-3-15-44-16-4-32)27-40(34-7-19-46-20-8-34)29-42(36-11-23-48-24-12-36)30-41(35-9-21-47-22-10-35)28-39(26-37)33-5-17-45-18-6-33/h1-24,37-42H,25-30H2. The topological polar surface area (TPSA) is 77.3 Å². The van der Waals surface area contributed by atoms with Gasteiger partial charge in [-0.25, -0.2) is 0 Å². The maximum absolute atomic E-state index is 4.41. The van der Waals surface area contributed by atoms with E-state index in [1.54, 1.807) is 0 Å². The molecule has 1 fully saturated rings. The molecular weight excluding hydrogens is 589 g/mol. The van der Waals surface area contributed by atoms with Crippen LogP contribution in [0.15, 0.2) is 147 Å². The van der Waals surface area contributed by atoms with Crippen molar-refractivity contribution in [3.05, 3.63) is 181 Å². The Morgan fingerprint density at radius 3 is 0.479 bits per heavy atom. The molecule has 0 unspecified atom stereocenters. The van der Waals surface area contributed by atoms with Gasteiger partial charge in [0.1, 0.15) is 0 Å². The van der Waals surface area contributed by atoms with E-state index >= 15 is 0 Å². The molecule has 240 valence electrons. The Labute approximate surface area is 283 Å². The molecule has 0 aromatic carbocycles. The van der Waals surface area contributed by atoms with E-state index in [0.717, 1.165) is 38.5 Å². The lowest BCUT2D eigenvalue weighted by Gasteiger charge is -2.36. The Morgan fingerprint density at radius 1 is 0.229 bits per heavy atom. The average Bonchev–Trinajstić information content (AvgIpc) is 3.17. The normalized spacial score (nSPS) is 23.8. The monoisotopic (exact) mass is 630 g/mol. The summed E-state index contributed by atoms with van der Waals surface area (Å²) in [6.45, 7) is 0. The van der Waals surface area contributed by atoms with Crippen LogP contribution in [0.2, 0.25) is 0 Å². The van der Waals surface area contributed by atoms with E-state index in [9.17, 15) is 0 Å². The molecule has 0 radical (unpaired) electrons. The molecule has 48 heavy (non-hydrogen) atoms. The van der Waals surface area contributed by atoms with Crippen LogP contribution in [0.25, 0.3) is 0 Å². The average molecular weight is 631 g/mol. The van der Waals surface area contributed by atoms with Crippen molar-refractivity contribution < 1.29 is 0 Å². The van der Waals surface area contributed by atoms with Crippen molar-refractivity contribution in [1.29, 1.82) is 0 Å². The second-order valence-corrected chi connectivity index (χ2v) is 13.3. The SMILES string of the molecule is c1cc(C2CC(c3ccncc3)CC(c3ccncc3)CC(c3ccncc3)CC(c3ccncc3)CC(c3ccncc3)C2)ccn1. The van der Waals surface area contributed by atoms with Gasteiger partial charge in [0.05, 0.1) is 0 Å². The van der Waals surface area contributed by atoms with Gasteiger partial charge in [-0.3, -0.25) is 29.9 Å². The smallest absolute Gasteiger partial charge is 0.0270 e. The summed E-state index contributed by atoms with van der Waals surface area (Å²) in [5.74, 6) is 2.06. The van der Waals surface area contributed by atoms with Gasteiger partial charge in [-0.15, -0.1) is 0 Å². The molecule has 7 rings (SSSR count). The predicted octanol–water partition coefficient (Wildman–Crippen LogP) is 9.41. The van der Waals surface area contributed by atoms with E-state index in [-0.39, 0.29) is 0 Å². The van der Waals surface area contributed by atoms with Crippen LogP contribution in [0, 0.1) is 0 Å². The molecule has 6 nitrogen and oxygen atoms in total. The first-order chi connectivity index (χ1) is 23.8. The Hall–Kier alpha value is -5.10. The Balaban J connectivity index is 1.38. The molecule has 0 saturated heterocycles. The molecule has 6 heterocycles. The lowest BCUT2D eigenvalue weighted by atomic mass is 9.69. The minimum atomic E-state index is 0.343. The first kappa shape index (κ1) is 31.5. The zero-order valence-corrected chi connectivity index (χ0v) is 27.2. The Bertz CT molecular complexity index is 1430. The van der Waals surface area contributed by atoms with Crippen molar-refractivity contribution in [3.63, 3.8) is 0 Å². The highest BCUT2D eigenvalue weighted by Gasteiger charge is 2.32. The second-order valence-electron chi connectivity index (χ2n) is 13.3. The summed E-state index contributed by atoms with van der Waals surface area (Å²) in [6.07, 6.45) is 29.7. The van der Waals surface area contributed by atoms with Crippen LogP contribution < -0.4 is 0 Å².